The Morgan fingerprint density at radius 2 is 1.28 bits per heavy atom. The number of allylic oxidation sites excluding steroid dienone is 10. The molecule has 0 amide bonds. The van der Waals surface area contributed by atoms with Gasteiger partial charge in [0, 0.05) is 23.6 Å². The zero-order valence-electron chi connectivity index (χ0n) is 25.2. The maximum atomic E-state index is 3.65. The van der Waals surface area contributed by atoms with Crippen molar-refractivity contribution in [3.8, 4) is 0 Å². The molecule has 43 heavy (non-hydrogen) atoms. The number of hydrogen-bond donors (Lipinski definition) is 1. The topological polar surface area (TPSA) is 12.0 Å². The van der Waals surface area contributed by atoms with E-state index in [-0.39, 0.29) is 0 Å². The Balaban J connectivity index is 1.32. The second-order valence-electron chi connectivity index (χ2n) is 13.1. The standard InChI is InChI=1S/C42H41N/c1-28-12-11-21-40(43-28)30-22-24-31(25-23-30)41-35-17-7-9-19-37(35)42(38-20-10-8-18-36(38)41)39-27-26-32(29-13-3-2-4-14-29)33-15-5-6-16-34(33)39/h5-12,15-22,24,26-29,35,37,43H,2-4,13-14,23,25H2,1H3. The van der Waals surface area contributed by atoms with Crippen LogP contribution in [0.1, 0.15) is 68.9 Å². The molecule has 0 radical (unpaired) electrons. The highest BCUT2D eigenvalue weighted by atomic mass is 14.9. The Morgan fingerprint density at radius 3 is 2.02 bits per heavy atom. The number of hydrogen-bond acceptors (Lipinski definition) is 1. The molecule has 1 aliphatic heterocycles. The number of fused-ring (bicyclic) bond motifs is 3. The van der Waals surface area contributed by atoms with Crippen LogP contribution in [-0.2, 0) is 0 Å². The van der Waals surface area contributed by atoms with Crippen LogP contribution in [-0.4, -0.2) is 6.04 Å². The van der Waals surface area contributed by atoms with Crippen molar-refractivity contribution >= 4 is 21.9 Å². The molecule has 8 rings (SSSR count). The number of dihydropyridines is 1. The molecule has 1 nitrogen and oxygen atoms in total. The van der Waals surface area contributed by atoms with E-state index < -0.39 is 0 Å². The lowest BCUT2D eigenvalue weighted by Crippen LogP contribution is -2.40. The fourth-order valence-electron chi connectivity index (χ4n) is 8.45. The van der Waals surface area contributed by atoms with Gasteiger partial charge in [0.1, 0.15) is 0 Å². The largest absolute Gasteiger partial charge is 0.379 e. The van der Waals surface area contributed by atoms with Crippen LogP contribution in [0.25, 0.3) is 21.9 Å². The third-order valence-corrected chi connectivity index (χ3v) is 10.5. The van der Waals surface area contributed by atoms with Gasteiger partial charge in [-0.1, -0.05) is 129 Å². The first-order chi connectivity index (χ1) is 21.3. The SMILES string of the molecule is CC1C=CC=C(C2=CC=C(C3=c4ccccc4=C(c4ccc(C5CCCCC5)c5ccccc45)C4C=CC=CC34)CC2)N1. The third-order valence-electron chi connectivity index (χ3n) is 10.5. The number of rotatable bonds is 4. The van der Waals surface area contributed by atoms with Crippen molar-refractivity contribution in [1.82, 2.24) is 5.32 Å². The molecule has 0 spiro atoms. The molecule has 0 bridgehead atoms. The smallest absolute Gasteiger partial charge is 0.0419 e. The highest BCUT2D eigenvalue weighted by Crippen LogP contribution is 2.45. The average molecular weight is 560 g/mol. The Labute approximate surface area is 256 Å². The van der Waals surface area contributed by atoms with E-state index in [1.54, 1.807) is 5.56 Å². The van der Waals surface area contributed by atoms with Gasteiger partial charge in [0.05, 0.1) is 0 Å². The van der Waals surface area contributed by atoms with E-state index in [0.717, 1.165) is 12.8 Å². The molecule has 214 valence electrons. The summed E-state index contributed by atoms with van der Waals surface area (Å²) in [6.45, 7) is 2.22. The molecule has 1 heteroatoms. The molecule has 0 aromatic heterocycles. The first kappa shape index (κ1) is 26.5. The monoisotopic (exact) mass is 559 g/mol. The van der Waals surface area contributed by atoms with Crippen LogP contribution in [0.5, 0.6) is 0 Å². The summed E-state index contributed by atoms with van der Waals surface area (Å²) in [5, 5.41) is 9.34. The van der Waals surface area contributed by atoms with Gasteiger partial charge in [-0.05, 0) is 99.2 Å². The zero-order valence-corrected chi connectivity index (χ0v) is 25.2. The third kappa shape index (κ3) is 4.70. The maximum Gasteiger partial charge on any atom is 0.0419 e. The van der Waals surface area contributed by atoms with Crippen molar-refractivity contribution in [3.63, 3.8) is 0 Å². The molecule has 0 saturated heterocycles. The lowest BCUT2D eigenvalue weighted by atomic mass is 9.68. The van der Waals surface area contributed by atoms with Crippen molar-refractivity contribution < 1.29 is 0 Å². The van der Waals surface area contributed by atoms with Gasteiger partial charge in [-0.25, -0.2) is 0 Å². The number of nitrogens with one attached hydrogen (secondary N) is 1. The van der Waals surface area contributed by atoms with Gasteiger partial charge < -0.3 is 5.32 Å². The van der Waals surface area contributed by atoms with Crippen molar-refractivity contribution in [1.29, 1.82) is 0 Å². The molecule has 1 fully saturated rings. The Bertz CT molecular complexity index is 1900. The first-order valence-electron chi connectivity index (χ1n) is 16.5. The van der Waals surface area contributed by atoms with Crippen molar-refractivity contribution in [2.45, 2.75) is 63.8 Å². The van der Waals surface area contributed by atoms with E-state index in [1.165, 1.54) is 86.9 Å². The predicted octanol–water partition coefficient (Wildman–Crippen LogP) is 8.69. The quantitative estimate of drug-likeness (QED) is 0.337. The summed E-state index contributed by atoms with van der Waals surface area (Å²) in [6.07, 6.45) is 29.8. The summed E-state index contributed by atoms with van der Waals surface area (Å²) in [7, 11) is 0. The summed E-state index contributed by atoms with van der Waals surface area (Å²) in [6, 6.07) is 23.8. The van der Waals surface area contributed by atoms with E-state index in [0.29, 0.717) is 23.8 Å². The van der Waals surface area contributed by atoms with Crippen molar-refractivity contribution in [2.75, 3.05) is 0 Å². The van der Waals surface area contributed by atoms with E-state index in [4.69, 9.17) is 0 Å². The summed E-state index contributed by atoms with van der Waals surface area (Å²) < 4.78 is 0. The van der Waals surface area contributed by atoms with Crippen LogP contribution in [0, 0.1) is 11.8 Å². The van der Waals surface area contributed by atoms with Crippen LogP contribution in [0.3, 0.4) is 0 Å². The molecule has 3 unspecified atom stereocenters. The molecule has 1 heterocycles. The van der Waals surface area contributed by atoms with Gasteiger partial charge in [-0.2, -0.15) is 0 Å². The van der Waals surface area contributed by atoms with Crippen LogP contribution in [0.4, 0.5) is 0 Å². The van der Waals surface area contributed by atoms with Gasteiger partial charge >= 0.3 is 0 Å². The molecule has 3 aromatic carbocycles. The molecule has 5 aliphatic rings. The second kappa shape index (κ2) is 11.2. The molecule has 1 saturated carbocycles. The van der Waals surface area contributed by atoms with Crippen LogP contribution >= 0.6 is 0 Å². The van der Waals surface area contributed by atoms with Crippen LogP contribution in [0.15, 0.2) is 132 Å². The van der Waals surface area contributed by atoms with Crippen LogP contribution in [0.2, 0.25) is 0 Å². The average Bonchev–Trinajstić information content (AvgIpc) is 3.07. The molecular formula is C42H41N. The fourth-order valence-corrected chi connectivity index (χ4v) is 8.45. The van der Waals surface area contributed by atoms with Gasteiger partial charge in [-0.15, -0.1) is 0 Å². The highest BCUT2D eigenvalue weighted by Gasteiger charge is 2.34. The van der Waals surface area contributed by atoms with Crippen molar-refractivity contribution in [3.05, 3.63) is 154 Å². The predicted molar refractivity (Wildman–Crippen MR) is 182 cm³/mol. The van der Waals surface area contributed by atoms with Gasteiger partial charge in [0.15, 0.2) is 0 Å². The van der Waals surface area contributed by atoms with Gasteiger partial charge in [-0.3, -0.25) is 0 Å². The Hall–Kier alpha value is -4.10. The normalized spacial score (nSPS) is 25.0. The fraction of sp³-hybridized carbons (Fsp3) is 0.286. The minimum absolute atomic E-state index is 0.318. The summed E-state index contributed by atoms with van der Waals surface area (Å²) >= 11 is 0. The van der Waals surface area contributed by atoms with E-state index in [2.05, 4.69) is 128 Å². The number of benzene rings is 3. The van der Waals surface area contributed by atoms with Gasteiger partial charge in [0.25, 0.3) is 0 Å². The van der Waals surface area contributed by atoms with E-state index in [1.807, 2.05) is 0 Å². The Kier molecular flexibility index (Phi) is 6.90. The zero-order chi connectivity index (χ0) is 28.8. The maximum absolute atomic E-state index is 3.65. The summed E-state index contributed by atoms with van der Waals surface area (Å²) in [5.74, 6) is 1.35. The minimum Gasteiger partial charge on any atom is -0.379 e. The van der Waals surface area contributed by atoms with Crippen LogP contribution < -0.4 is 15.8 Å². The Morgan fingerprint density at radius 1 is 0.605 bits per heavy atom. The lowest BCUT2D eigenvalue weighted by Gasteiger charge is -2.35. The molecule has 4 aliphatic carbocycles. The molecule has 3 aromatic rings. The highest BCUT2D eigenvalue weighted by molar-refractivity contribution is 5.98. The minimum atomic E-state index is 0.318. The lowest BCUT2D eigenvalue weighted by molar-refractivity contribution is 0.445. The molecular weight excluding hydrogens is 518 g/mol. The summed E-state index contributed by atoms with van der Waals surface area (Å²) in [5.41, 5.74) is 10.2. The van der Waals surface area contributed by atoms with E-state index >= 15 is 0 Å². The van der Waals surface area contributed by atoms with Gasteiger partial charge in [0.2, 0.25) is 0 Å². The molecule has 1 N–H and O–H groups in total. The first-order valence-corrected chi connectivity index (χ1v) is 16.5. The molecule has 3 atom stereocenters. The second-order valence-corrected chi connectivity index (χ2v) is 13.1. The summed E-state index contributed by atoms with van der Waals surface area (Å²) in [4.78, 5) is 0. The van der Waals surface area contributed by atoms with E-state index in [9.17, 15) is 0 Å². The van der Waals surface area contributed by atoms with Crippen molar-refractivity contribution in [2.24, 2.45) is 11.8 Å².